The number of phenolic OH excluding ortho intramolecular Hbond substituents is 3. The van der Waals surface area contributed by atoms with Crippen molar-refractivity contribution in [2.75, 3.05) is 0 Å². The van der Waals surface area contributed by atoms with Gasteiger partial charge in [0.1, 0.15) is 17.2 Å². The number of ketones is 1. The van der Waals surface area contributed by atoms with Crippen LogP contribution in [0.2, 0.25) is 0 Å². The predicted molar refractivity (Wildman–Crippen MR) is 86.8 cm³/mol. The third kappa shape index (κ3) is 4.35. The first-order chi connectivity index (χ1) is 11.2. The van der Waals surface area contributed by atoms with Gasteiger partial charge in [-0.25, -0.2) is 0 Å². The molecule has 7 nitrogen and oxygen atoms in total. The van der Waals surface area contributed by atoms with Crippen molar-refractivity contribution in [3.8, 4) is 17.2 Å². The number of phenols is 3. The van der Waals surface area contributed by atoms with Crippen LogP contribution >= 0.6 is 7.60 Å². The van der Waals surface area contributed by atoms with Crippen LogP contribution in [0.4, 0.5) is 0 Å². The Labute approximate surface area is 138 Å². The number of aromatic hydroxyl groups is 3. The SMILES string of the molecule is O=C(CCCc1cccc(O)c1)c1c(O)cc(O)cc1P(=O)(O)O. The maximum atomic E-state index is 12.3. The number of carbonyl (C=O) groups excluding carboxylic acids is 1. The molecule has 0 amide bonds. The number of hydrogen-bond acceptors (Lipinski definition) is 5. The van der Waals surface area contributed by atoms with E-state index >= 15 is 0 Å². The summed E-state index contributed by atoms with van der Waals surface area (Å²) in [6.07, 6.45) is 0.786. The van der Waals surface area contributed by atoms with E-state index in [1.807, 2.05) is 0 Å². The Morgan fingerprint density at radius 1 is 1.00 bits per heavy atom. The van der Waals surface area contributed by atoms with Crippen LogP contribution in [-0.4, -0.2) is 30.9 Å². The van der Waals surface area contributed by atoms with E-state index in [9.17, 15) is 34.5 Å². The average Bonchev–Trinajstić information content (AvgIpc) is 2.45. The van der Waals surface area contributed by atoms with E-state index in [0.29, 0.717) is 12.8 Å². The molecule has 0 saturated carbocycles. The minimum absolute atomic E-state index is 0.0546. The van der Waals surface area contributed by atoms with Crippen LogP contribution in [0.5, 0.6) is 17.2 Å². The summed E-state index contributed by atoms with van der Waals surface area (Å²) in [6, 6.07) is 8.18. The van der Waals surface area contributed by atoms with Crippen LogP contribution in [0.25, 0.3) is 0 Å². The molecule has 0 saturated heterocycles. The molecule has 0 aliphatic carbocycles. The van der Waals surface area contributed by atoms with Gasteiger partial charge in [0.05, 0.1) is 10.9 Å². The van der Waals surface area contributed by atoms with E-state index < -0.39 is 35.7 Å². The highest BCUT2D eigenvalue weighted by molar-refractivity contribution is 7.60. The first kappa shape index (κ1) is 18.0. The fourth-order valence-corrected chi connectivity index (χ4v) is 3.23. The summed E-state index contributed by atoms with van der Waals surface area (Å²) >= 11 is 0. The molecule has 0 atom stereocenters. The third-order valence-corrected chi connectivity index (χ3v) is 4.43. The summed E-state index contributed by atoms with van der Waals surface area (Å²) in [5.41, 5.74) is 0.338. The Balaban J connectivity index is 2.17. The lowest BCUT2D eigenvalue weighted by atomic mass is 10.0. The quantitative estimate of drug-likeness (QED) is 0.395. The number of hydrogen-bond donors (Lipinski definition) is 5. The molecule has 2 rings (SSSR count). The molecular weight excluding hydrogens is 335 g/mol. The van der Waals surface area contributed by atoms with Gasteiger partial charge in [-0.1, -0.05) is 12.1 Å². The fourth-order valence-electron chi connectivity index (χ4n) is 2.40. The Morgan fingerprint density at radius 3 is 2.33 bits per heavy atom. The Morgan fingerprint density at radius 2 is 1.71 bits per heavy atom. The van der Waals surface area contributed by atoms with Crippen molar-refractivity contribution in [1.82, 2.24) is 0 Å². The molecule has 0 radical (unpaired) electrons. The predicted octanol–water partition coefficient (Wildman–Crippen LogP) is 1.81. The largest absolute Gasteiger partial charge is 0.508 e. The summed E-state index contributed by atoms with van der Waals surface area (Å²) < 4.78 is 11.5. The van der Waals surface area contributed by atoms with Crippen molar-refractivity contribution >= 4 is 18.7 Å². The fraction of sp³-hybridized carbons (Fsp3) is 0.188. The second-order valence-electron chi connectivity index (χ2n) is 5.35. The molecule has 8 heteroatoms. The van der Waals surface area contributed by atoms with Gasteiger partial charge in [-0.05, 0) is 36.6 Å². The monoisotopic (exact) mass is 352 g/mol. The molecule has 0 aromatic heterocycles. The summed E-state index contributed by atoms with van der Waals surface area (Å²) in [5.74, 6) is -1.73. The van der Waals surface area contributed by atoms with E-state index in [2.05, 4.69) is 0 Å². The lowest BCUT2D eigenvalue weighted by Crippen LogP contribution is -2.16. The van der Waals surface area contributed by atoms with E-state index in [-0.39, 0.29) is 12.2 Å². The van der Waals surface area contributed by atoms with Gasteiger partial charge in [0.25, 0.3) is 0 Å². The van der Waals surface area contributed by atoms with Gasteiger partial charge in [-0.15, -0.1) is 0 Å². The maximum Gasteiger partial charge on any atom is 0.357 e. The Hall–Kier alpha value is -2.34. The van der Waals surface area contributed by atoms with E-state index in [0.717, 1.165) is 17.7 Å². The zero-order valence-corrected chi connectivity index (χ0v) is 13.5. The molecular formula is C16H17O7P. The number of Topliss-reactive ketones (excluding diaryl/α,β-unsaturated/α-hetero) is 1. The van der Waals surface area contributed by atoms with Crippen LogP contribution in [0, 0.1) is 0 Å². The van der Waals surface area contributed by atoms with E-state index in [1.54, 1.807) is 18.2 Å². The molecule has 0 aliphatic rings. The summed E-state index contributed by atoms with van der Waals surface area (Å²) in [5, 5.41) is 27.9. The van der Waals surface area contributed by atoms with Crippen molar-refractivity contribution in [3.05, 3.63) is 47.5 Å². The highest BCUT2D eigenvalue weighted by atomic mass is 31.2. The van der Waals surface area contributed by atoms with Gasteiger partial charge in [0, 0.05) is 12.5 Å². The summed E-state index contributed by atoms with van der Waals surface area (Å²) in [7, 11) is -4.83. The molecule has 5 N–H and O–H groups in total. The molecule has 24 heavy (non-hydrogen) atoms. The standard InChI is InChI=1S/C16H17O7P/c17-11-5-1-3-10(7-11)4-2-6-13(19)16-14(20)8-12(18)9-15(16)24(21,22)23/h1,3,5,7-9,17-18,20H,2,4,6H2,(H2,21,22,23). The number of carbonyl (C=O) groups is 1. The van der Waals surface area contributed by atoms with E-state index in [4.69, 9.17) is 0 Å². The van der Waals surface area contributed by atoms with Gasteiger partial charge in [0.2, 0.25) is 0 Å². The normalized spacial score (nSPS) is 11.4. The average molecular weight is 352 g/mol. The molecule has 0 fully saturated rings. The number of rotatable bonds is 6. The lowest BCUT2D eigenvalue weighted by molar-refractivity contribution is 0.0978. The van der Waals surface area contributed by atoms with Crippen molar-refractivity contribution in [3.63, 3.8) is 0 Å². The first-order valence-electron chi connectivity index (χ1n) is 7.11. The van der Waals surface area contributed by atoms with Crippen LogP contribution in [0.3, 0.4) is 0 Å². The summed E-state index contributed by atoms with van der Waals surface area (Å²) in [6.45, 7) is 0. The molecule has 128 valence electrons. The second kappa shape index (κ2) is 7.05. The van der Waals surface area contributed by atoms with Crippen molar-refractivity contribution < 1.29 is 34.5 Å². The van der Waals surface area contributed by atoms with Gasteiger partial charge < -0.3 is 25.1 Å². The van der Waals surface area contributed by atoms with Gasteiger partial charge in [-0.2, -0.15) is 0 Å². The highest BCUT2D eigenvalue weighted by Crippen LogP contribution is 2.39. The molecule has 0 spiro atoms. The minimum Gasteiger partial charge on any atom is -0.508 e. The lowest BCUT2D eigenvalue weighted by Gasteiger charge is -2.12. The molecule has 0 aliphatic heterocycles. The molecule has 2 aromatic carbocycles. The van der Waals surface area contributed by atoms with Gasteiger partial charge in [-0.3, -0.25) is 9.36 Å². The first-order valence-corrected chi connectivity index (χ1v) is 8.73. The third-order valence-electron chi connectivity index (χ3n) is 3.45. The van der Waals surface area contributed by atoms with Crippen LogP contribution in [0.1, 0.15) is 28.8 Å². The minimum atomic E-state index is -4.83. The molecule has 2 aromatic rings. The van der Waals surface area contributed by atoms with Crippen LogP contribution in [-0.2, 0) is 11.0 Å². The van der Waals surface area contributed by atoms with E-state index in [1.165, 1.54) is 6.07 Å². The zero-order valence-electron chi connectivity index (χ0n) is 12.6. The second-order valence-corrected chi connectivity index (χ2v) is 6.92. The molecule has 0 unspecified atom stereocenters. The zero-order chi connectivity index (χ0) is 17.9. The number of benzene rings is 2. The molecule has 0 heterocycles. The highest BCUT2D eigenvalue weighted by Gasteiger charge is 2.28. The van der Waals surface area contributed by atoms with Gasteiger partial charge >= 0.3 is 7.60 Å². The van der Waals surface area contributed by atoms with Crippen molar-refractivity contribution in [2.24, 2.45) is 0 Å². The van der Waals surface area contributed by atoms with Crippen LogP contribution < -0.4 is 5.30 Å². The van der Waals surface area contributed by atoms with Crippen LogP contribution in [0.15, 0.2) is 36.4 Å². The van der Waals surface area contributed by atoms with Crippen molar-refractivity contribution in [1.29, 1.82) is 0 Å². The maximum absolute atomic E-state index is 12.3. The van der Waals surface area contributed by atoms with Gasteiger partial charge in [0.15, 0.2) is 5.78 Å². The Bertz CT molecular complexity index is 810. The smallest absolute Gasteiger partial charge is 0.357 e. The number of aryl methyl sites for hydroxylation is 1. The summed E-state index contributed by atoms with van der Waals surface area (Å²) in [4.78, 5) is 30.9. The van der Waals surface area contributed by atoms with Crippen molar-refractivity contribution in [2.45, 2.75) is 19.3 Å². The molecule has 0 bridgehead atoms. The topological polar surface area (TPSA) is 135 Å². The Kier molecular flexibility index (Phi) is 5.29.